The van der Waals surface area contributed by atoms with E-state index in [0.29, 0.717) is 25.9 Å². The van der Waals surface area contributed by atoms with Gasteiger partial charge in [0.25, 0.3) is 0 Å². The Morgan fingerprint density at radius 2 is 1.77 bits per heavy atom. The predicted molar refractivity (Wildman–Crippen MR) is 112 cm³/mol. The standard InChI is InChI=1S/C22H32N2O7/c1-22(2,3)31-20(26)23-18(19(25)28-4)15-29-17-10-12-24(13-11-17)21(27)30-14-16-8-6-5-7-9-16/h5-9,17-18H,10-15H2,1-4H3,(H,23,26). The van der Waals surface area contributed by atoms with E-state index in [4.69, 9.17) is 18.9 Å². The van der Waals surface area contributed by atoms with Crippen LogP contribution < -0.4 is 5.32 Å². The van der Waals surface area contributed by atoms with Gasteiger partial charge in [0.2, 0.25) is 0 Å². The largest absolute Gasteiger partial charge is 0.467 e. The summed E-state index contributed by atoms with van der Waals surface area (Å²) in [5.41, 5.74) is 0.244. The Balaban J connectivity index is 1.75. The van der Waals surface area contributed by atoms with E-state index in [1.807, 2.05) is 30.3 Å². The van der Waals surface area contributed by atoms with Crippen molar-refractivity contribution in [2.45, 2.75) is 58.0 Å². The molecule has 9 nitrogen and oxygen atoms in total. The molecule has 172 valence electrons. The van der Waals surface area contributed by atoms with E-state index in [0.717, 1.165) is 5.56 Å². The Morgan fingerprint density at radius 3 is 2.35 bits per heavy atom. The van der Waals surface area contributed by atoms with Crippen LogP contribution in [0.25, 0.3) is 0 Å². The van der Waals surface area contributed by atoms with Gasteiger partial charge in [-0.05, 0) is 39.2 Å². The van der Waals surface area contributed by atoms with E-state index in [9.17, 15) is 14.4 Å². The maximum atomic E-state index is 12.2. The van der Waals surface area contributed by atoms with Crippen LogP contribution in [0.15, 0.2) is 30.3 Å². The lowest BCUT2D eigenvalue weighted by atomic mass is 10.1. The number of carbonyl (C=O) groups excluding carboxylic acids is 3. The molecule has 1 atom stereocenters. The maximum Gasteiger partial charge on any atom is 0.410 e. The van der Waals surface area contributed by atoms with Crippen molar-refractivity contribution in [3.8, 4) is 0 Å². The Bertz CT molecular complexity index is 725. The van der Waals surface area contributed by atoms with Gasteiger partial charge >= 0.3 is 18.2 Å². The number of carbonyl (C=O) groups is 3. The highest BCUT2D eigenvalue weighted by Crippen LogP contribution is 2.16. The fraction of sp³-hybridized carbons (Fsp3) is 0.591. The number of esters is 1. The lowest BCUT2D eigenvalue weighted by Crippen LogP contribution is -2.48. The summed E-state index contributed by atoms with van der Waals surface area (Å²) in [5, 5.41) is 2.48. The van der Waals surface area contributed by atoms with Crippen molar-refractivity contribution in [2.75, 3.05) is 26.8 Å². The quantitative estimate of drug-likeness (QED) is 0.518. The van der Waals surface area contributed by atoms with Crippen molar-refractivity contribution in [1.29, 1.82) is 0 Å². The normalized spacial score (nSPS) is 15.7. The van der Waals surface area contributed by atoms with Crippen LogP contribution in [0.4, 0.5) is 9.59 Å². The van der Waals surface area contributed by atoms with Gasteiger partial charge in [0.15, 0.2) is 6.04 Å². The summed E-state index contributed by atoms with van der Waals surface area (Å²) in [4.78, 5) is 37.8. The molecule has 31 heavy (non-hydrogen) atoms. The second-order valence-corrected chi connectivity index (χ2v) is 8.28. The molecular weight excluding hydrogens is 404 g/mol. The molecule has 2 rings (SSSR count). The third-order valence-corrected chi connectivity index (χ3v) is 4.58. The van der Waals surface area contributed by atoms with Gasteiger partial charge in [-0.2, -0.15) is 0 Å². The molecule has 1 aromatic carbocycles. The number of ether oxygens (including phenoxy) is 4. The van der Waals surface area contributed by atoms with Gasteiger partial charge in [-0.25, -0.2) is 14.4 Å². The van der Waals surface area contributed by atoms with E-state index in [1.165, 1.54) is 7.11 Å². The lowest BCUT2D eigenvalue weighted by molar-refractivity contribution is -0.145. The minimum absolute atomic E-state index is 0.0466. The second-order valence-electron chi connectivity index (χ2n) is 8.28. The van der Waals surface area contributed by atoms with Crippen molar-refractivity contribution in [3.63, 3.8) is 0 Å². The lowest BCUT2D eigenvalue weighted by Gasteiger charge is -2.32. The molecule has 1 fully saturated rings. The van der Waals surface area contributed by atoms with Crippen LogP contribution >= 0.6 is 0 Å². The number of rotatable bonds is 7. The first-order chi connectivity index (χ1) is 14.7. The highest BCUT2D eigenvalue weighted by Gasteiger charge is 2.29. The van der Waals surface area contributed by atoms with E-state index in [2.05, 4.69) is 5.32 Å². The van der Waals surface area contributed by atoms with Crippen LogP contribution in [0.1, 0.15) is 39.2 Å². The second kappa shape index (κ2) is 11.5. The number of likely N-dealkylation sites (tertiary alicyclic amines) is 1. The van der Waals surface area contributed by atoms with Gasteiger partial charge < -0.3 is 29.2 Å². The fourth-order valence-corrected chi connectivity index (χ4v) is 3.01. The number of methoxy groups -OCH3 is 1. The Kier molecular flexibility index (Phi) is 9.11. The molecule has 1 heterocycles. The molecule has 2 amide bonds. The third kappa shape index (κ3) is 8.84. The summed E-state index contributed by atoms with van der Waals surface area (Å²) >= 11 is 0. The summed E-state index contributed by atoms with van der Waals surface area (Å²) < 4.78 is 21.1. The molecule has 0 aromatic heterocycles. The molecule has 0 spiro atoms. The van der Waals surface area contributed by atoms with Crippen molar-refractivity contribution < 1.29 is 33.3 Å². The molecule has 0 radical (unpaired) electrons. The molecule has 1 aliphatic heterocycles. The molecule has 1 saturated heterocycles. The molecule has 1 aromatic rings. The summed E-state index contributed by atoms with van der Waals surface area (Å²) in [6, 6.07) is 8.52. The highest BCUT2D eigenvalue weighted by atomic mass is 16.6. The van der Waals surface area contributed by atoms with Gasteiger partial charge in [0.1, 0.15) is 12.2 Å². The Hall–Kier alpha value is -2.81. The van der Waals surface area contributed by atoms with Crippen LogP contribution in [0.5, 0.6) is 0 Å². The number of nitrogens with one attached hydrogen (secondary N) is 1. The van der Waals surface area contributed by atoms with Gasteiger partial charge in [-0.15, -0.1) is 0 Å². The number of piperidine rings is 1. The molecule has 0 aliphatic carbocycles. The van der Waals surface area contributed by atoms with Gasteiger partial charge in [0, 0.05) is 13.1 Å². The number of alkyl carbamates (subject to hydrolysis) is 1. The van der Waals surface area contributed by atoms with E-state index >= 15 is 0 Å². The number of nitrogens with zero attached hydrogens (tertiary/aromatic N) is 1. The number of benzene rings is 1. The SMILES string of the molecule is COC(=O)C(COC1CCN(C(=O)OCc2ccccc2)CC1)NC(=O)OC(C)(C)C. The molecular formula is C22H32N2O7. The average molecular weight is 437 g/mol. The summed E-state index contributed by atoms with van der Waals surface area (Å²) in [6.07, 6.45) is -0.0313. The summed E-state index contributed by atoms with van der Waals surface area (Å²) in [5.74, 6) is -0.618. The first-order valence-corrected chi connectivity index (χ1v) is 10.3. The smallest absolute Gasteiger partial charge is 0.410 e. The molecule has 1 aliphatic rings. The molecule has 9 heteroatoms. The Labute approximate surface area is 183 Å². The number of hydrogen-bond donors (Lipinski definition) is 1. The highest BCUT2D eigenvalue weighted by molar-refractivity contribution is 5.81. The van der Waals surface area contributed by atoms with Crippen LogP contribution in [0.3, 0.4) is 0 Å². The van der Waals surface area contributed by atoms with Gasteiger partial charge in [-0.3, -0.25) is 0 Å². The first kappa shape index (κ1) is 24.5. The van der Waals surface area contributed by atoms with Crippen LogP contribution in [0.2, 0.25) is 0 Å². The zero-order valence-corrected chi connectivity index (χ0v) is 18.6. The zero-order chi connectivity index (χ0) is 22.9. The van der Waals surface area contributed by atoms with Crippen molar-refractivity contribution in [3.05, 3.63) is 35.9 Å². The van der Waals surface area contributed by atoms with Crippen LogP contribution in [0, 0.1) is 0 Å². The predicted octanol–water partition coefficient (Wildman–Crippen LogP) is 2.87. The third-order valence-electron chi connectivity index (χ3n) is 4.58. The number of amides is 2. The van der Waals surface area contributed by atoms with Gasteiger partial charge in [-0.1, -0.05) is 30.3 Å². The van der Waals surface area contributed by atoms with Gasteiger partial charge in [0.05, 0.1) is 19.8 Å². The van der Waals surface area contributed by atoms with Crippen LogP contribution in [-0.4, -0.2) is 67.6 Å². The fourth-order valence-electron chi connectivity index (χ4n) is 3.01. The minimum atomic E-state index is -0.978. The van der Waals surface area contributed by atoms with Crippen molar-refractivity contribution >= 4 is 18.2 Å². The number of hydrogen-bond acceptors (Lipinski definition) is 7. The molecule has 1 N–H and O–H groups in total. The summed E-state index contributed by atoms with van der Waals surface area (Å²) in [7, 11) is 1.24. The maximum absolute atomic E-state index is 12.2. The van der Waals surface area contributed by atoms with Crippen molar-refractivity contribution in [2.24, 2.45) is 0 Å². The van der Waals surface area contributed by atoms with E-state index < -0.39 is 23.7 Å². The average Bonchev–Trinajstić information content (AvgIpc) is 2.74. The summed E-state index contributed by atoms with van der Waals surface area (Å²) in [6.45, 7) is 6.35. The van der Waals surface area contributed by atoms with E-state index in [-0.39, 0.29) is 25.4 Å². The minimum Gasteiger partial charge on any atom is -0.467 e. The molecule has 0 saturated carbocycles. The van der Waals surface area contributed by atoms with Crippen LogP contribution in [-0.2, 0) is 30.3 Å². The van der Waals surface area contributed by atoms with E-state index in [1.54, 1.807) is 25.7 Å². The molecule has 1 unspecified atom stereocenters. The topological polar surface area (TPSA) is 103 Å². The zero-order valence-electron chi connectivity index (χ0n) is 18.6. The Morgan fingerprint density at radius 1 is 1.13 bits per heavy atom. The first-order valence-electron chi connectivity index (χ1n) is 10.3. The molecule has 0 bridgehead atoms. The monoisotopic (exact) mass is 436 g/mol. The van der Waals surface area contributed by atoms with Crippen molar-refractivity contribution in [1.82, 2.24) is 10.2 Å².